The number of aromatic hydroxyl groups is 1. The number of benzene rings is 4. The van der Waals surface area contributed by atoms with Crippen molar-refractivity contribution in [2.75, 3.05) is 44.7 Å². The summed E-state index contributed by atoms with van der Waals surface area (Å²) in [4.78, 5) is 59.6. The number of phenolic OH excluding ortho intramolecular Hbond substituents is 1. The molecule has 0 spiro atoms. The molecule has 10 heteroatoms. The van der Waals surface area contributed by atoms with Crippen LogP contribution in [0.15, 0.2) is 84.9 Å². The molecule has 4 aliphatic heterocycles. The number of anilines is 1. The third-order valence-electron chi connectivity index (χ3n) is 14.0. The van der Waals surface area contributed by atoms with Crippen LogP contribution in [0, 0.1) is 5.92 Å². The number of aldehydes is 1. The van der Waals surface area contributed by atoms with Crippen molar-refractivity contribution in [2.45, 2.75) is 88.4 Å². The molecule has 0 bridgehead atoms. The van der Waals surface area contributed by atoms with Crippen LogP contribution < -0.4 is 10.2 Å². The minimum Gasteiger partial charge on any atom is -0.508 e. The lowest BCUT2D eigenvalue weighted by Gasteiger charge is -2.40. The zero-order valence-corrected chi connectivity index (χ0v) is 34.0. The van der Waals surface area contributed by atoms with Gasteiger partial charge in [-0.05, 0) is 127 Å². The third-order valence-corrected chi connectivity index (χ3v) is 14.0. The van der Waals surface area contributed by atoms with Crippen molar-refractivity contribution in [1.82, 2.24) is 20.0 Å². The zero-order chi connectivity index (χ0) is 40.6. The van der Waals surface area contributed by atoms with Crippen molar-refractivity contribution in [1.29, 1.82) is 0 Å². The van der Waals surface area contributed by atoms with E-state index in [2.05, 4.69) is 75.8 Å². The minimum absolute atomic E-state index is 0.0382. The predicted octanol–water partition coefficient (Wildman–Crippen LogP) is 6.64. The standard InChI is InChI=1S/C49H55N5O5/c1-50-47(57)45(8-5-25-55)54-31-37-28-43-36(27-44(37)49(54)59)30-53(48(43)58)39-19-21-51(22-20-39)29-32-17-23-52(24-18-32)38-12-9-34(10-13-38)46-41(33-6-3-2-4-7-33)15-11-35-26-40(56)14-16-42(35)46/h2-4,6-7,9-10,12-14,16,25-28,32,39,41,45-46,56H,5,8,11,15,17-24,29-31H2,1H3,(H,50,57). The second-order valence-electron chi connectivity index (χ2n) is 17.4. The monoisotopic (exact) mass is 793 g/mol. The number of hydrogen-bond donors (Lipinski definition) is 2. The summed E-state index contributed by atoms with van der Waals surface area (Å²) in [5, 5.41) is 12.9. The number of likely N-dealkylation sites (tertiary alicyclic amines) is 1. The van der Waals surface area contributed by atoms with Crippen LogP contribution in [0.2, 0.25) is 0 Å². The SMILES string of the molecule is CNC(=O)C(CCC=O)N1Cc2cc3c(cc2C1=O)CN(C1CCN(CC2CCN(c4ccc(C5c6ccc(O)cc6CCC5c5ccccc5)cc4)CC2)CC1)C3=O. The van der Waals surface area contributed by atoms with Gasteiger partial charge in [0.2, 0.25) is 5.91 Å². The maximum atomic E-state index is 13.8. The molecule has 3 atom stereocenters. The first-order valence-electron chi connectivity index (χ1n) is 21.7. The molecule has 2 N–H and O–H groups in total. The number of phenols is 1. The zero-order valence-electron chi connectivity index (χ0n) is 34.0. The quantitative estimate of drug-likeness (QED) is 0.164. The molecule has 9 rings (SSSR count). The lowest BCUT2D eigenvalue weighted by Crippen LogP contribution is -2.47. The number of rotatable bonds is 11. The first-order valence-corrected chi connectivity index (χ1v) is 21.7. The lowest BCUT2D eigenvalue weighted by atomic mass is 9.69. The highest BCUT2D eigenvalue weighted by molar-refractivity contribution is 6.05. The van der Waals surface area contributed by atoms with Crippen LogP contribution >= 0.6 is 0 Å². The summed E-state index contributed by atoms with van der Waals surface area (Å²) >= 11 is 0. The third kappa shape index (κ3) is 7.63. The predicted molar refractivity (Wildman–Crippen MR) is 228 cm³/mol. The van der Waals surface area contributed by atoms with Crippen LogP contribution in [-0.2, 0) is 29.1 Å². The number of nitrogens with one attached hydrogen (secondary N) is 1. The summed E-state index contributed by atoms with van der Waals surface area (Å²) in [7, 11) is 1.53. The Kier molecular flexibility index (Phi) is 11.0. The molecule has 4 aromatic rings. The number of carbonyl (C=O) groups is 4. The van der Waals surface area contributed by atoms with Crippen LogP contribution in [0.5, 0.6) is 5.75 Å². The normalized spacial score (nSPS) is 21.6. The molecule has 306 valence electrons. The Labute approximate surface area is 347 Å². The summed E-state index contributed by atoms with van der Waals surface area (Å²) in [6.07, 6.45) is 7.48. The number of amides is 3. The van der Waals surface area contributed by atoms with E-state index in [1.807, 2.05) is 29.2 Å². The highest BCUT2D eigenvalue weighted by atomic mass is 16.3. The maximum Gasteiger partial charge on any atom is 0.255 e. The number of hydrogen-bond acceptors (Lipinski definition) is 7. The molecule has 4 aromatic carbocycles. The first kappa shape index (κ1) is 39.0. The fourth-order valence-electron chi connectivity index (χ4n) is 10.9. The molecule has 0 aromatic heterocycles. The Hall–Kier alpha value is -5.48. The highest BCUT2D eigenvalue weighted by Crippen LogP contribution is 2.47. The van der Waals surface area contributed by atoms with Gasteiger partial charge in [0, 0.05) is 88.1 Å². The van der Waals surface area contributed by atoms with Crippen molar-refractivity contribution in [3.8, 4) is 5.75 Å². The molecule has 3 amide bonds. The average Bonchev–Trinajstić information content (AvgIpc) is 3.77. The molecule has 2 saturated heterocycles. The lowest BCUT2D eigenvalue weighted by molar-refractivity contribution is -0.125. The number of likely N-dealkylation sites (N-methyl/N-ethyl adjacent to an activating group) is 1. The summed E-state index contributed by atoms with van der Waals surface area (Å²) in [6.45, 7) is 5.92. The fourth-order valence-corrected chi connectivity index (χ4v) is 10.9. The largest absolute Gasteiger partial charge is 0.508 e. The summed E-state index contributed by atoms with van der Waals surface area (Å²) in [5.41, 5.74) is 9.46. The van der Waals surface area contributed by atoms with Gasteiger partial charge in [-0.25, -0.2) is 0 Å². The summed E-state index contributed by atoms with van der Waals surface area (Å²) in [6, 6.07) is 29.3. The van der Waals surface area contributed by atoms with E-state index in [4.69, 9.17) is 0 Å². The van der Waals surface area contributed by atoms with Crippen molar-refractivity contribution < 1.29 is 24.3 Å². The molecule has 0 radical (unpaired) electrons. The Morgan fingerprint density at radius 3 is 2.22 bits per heavy atom. The van der Waals surface area contributed by atoms with Gasteiger partial charge in [0.05, 0.1) is 0 Å². The van der Waals surface area contributed by atoms with Gasteiger partial charge < -0.3 is 34.8 Å². The minimum atomic E-state index is -0.722. The van der Waals surface area contributed by atoms with Gasteiger partial charge in [-0.2, -0.15) is 0 Å². The van der Waals surface area contributed by atoms with Crippen molar-refractivity contribution >= 4 is 29.7 Å². The van der Waals surface area contributed by atoms with Crippen LogP contribution in [0.25, 0.3) is 0 Å². The molecule has 2 fully saturated rings. The topological polar surface area (TPSA) is 114 Å². The van der Waals surface area contributed by atoms with E-state index in [-0.39, 0.29) is 49.1 Å². The number of nitrogens with zero attached hydrogens (tertiary/aromatic N) is 4. The van der Waals surface area contributed by atoms with Gasteiger partial charge in [0.1, 0.15) is 18.1 Å². The van der Waals surface area contributed by atoms with Crippen LogP contribution in [0.1, 0.15) is 111 Å². The number of carbonyl (C=O) groups excluding carboxylic acids is 4. The Morgan fingerprint density at radius 1 is 0.797 bits per heavy atom. The van der Waals surface area contributed by atoms with E-state index in [0.29, 0.717) is 35.3 Å². The van der Waals surface area contributed by atoms with Gasteiger partial charge in [-0.3, -0.25) is 14.4 Å². The van der Waals surface area contributed by atoms with Crippen LogP contribution in [0.4, 0.5) is 5.69 Å². The first-order chi connectivity index (χ1) is 28.8. The Morgan fingerprint density at radius 2 is 1.51 bits per heavy atom. The van der Waals surface area contributed by atoms with Gasteiger partial charge in [0.25, 0.3) is 11.8 Å². The number of piperidine rings is 2. The fraction of sp³-hybridized carbons (Fsp3) is 0.429. The second kappa shape index (κ2) is 16.6. The van der Waals surface area contributed by atoms with Gasteiger partial charge in [-0.1, -0.05) is 48.5 Å². The highest BCUT2D eigenvalue weighted by Gasteiger charge is 2.41. The molecule has 10 nitrogen and oxygen atoms in total. The summed E-state index contributed by atoms with van der Waals surface area (Å²) < 4.78 is 0. The molecule has 5 aliphatic rings. The van der Waals surface area contributed by atoms with Gasteiger partial charge >= 0.3 is 0 Å². The second-order valence-corrected chi connectivity index (χ2v) is 17.4. The van der Waals surface area contributed by atoms with Crippen LogP contribution in [-0.4, -0.2) is 95.7 Å². The van der Waals surface area contributed by atoms with E-state index in [9.17, 15) is 24.3 Å². The van der Waals surface area contributed by atoms with Crippen molar-refractivity contribution in [3.05, 3.63) is 129 Å². The Balaban J connectivity index is 0.772. The van der Waals surface area contributed by atoms with E-state index >= 15 is 0 Å². The number of aryl methyl sites for hydroxylation is 1. The molecule has 1 aliphatic carbocycles. The molecule has 3 unspecified atom stereocenters. The molecule has 4 heterocycles. The van der Waals surface area contributed by atoms with E-state index < -0.39 is 6.04 Å². The average molecular weight is 794 g/mol. The van der Waals surface area contributed by atoms with Crippen molar-refractivity contribution in [2.24, 2.45) is 5.92 Å². The molecular formula is C49H55N5O5. The van der Waals surface area contributed by atoms with E-state index in [0.717, 1.165) is 75.8 Å². The van der Waals surface area contributed by atoms with E-state index in [1.165, 1.54) is 52.7 Å². The smallest absolute Gasteiger partial charge is 0.255 e. The maximum absolute atomic E-state index is 13.8. The van der Waals surface area contributed by atoms with E-state index in [1.54, 1.807) is 0 Å². The van der Waals surface area contributed by atoms with Crippen molar-refractivity contribution in [3.63, 3.8) is 0 Å². The summed E-state index contributed by atoms with van der Waals surface area (Å²) in [5.74, 6) is 1.18. The molecule has 59 heavy (non-hydrogen) atoms. The molecule has 0 saturated carbocycles. The number of fused-ring (bicyclic) bond motifs is 3. The van der Waals surface area contributed by atoms with Gasteiger partial charge in [-0.15, -0.1) is 0 Å². The molecular weight excluding hydrogens is 739 g/mol. The van der Waals surface area contributed by atoms with Gasteiger partial charge in [0.15, 0.2) is 0 Å². The van der Waals surface area contributed by atoms with Crippen LogP contribution in [0.3, 0.4) is 0 Å². The Bertz CT molecular complexity index is 2210.